The number of hydrogen-bond acceptors (Lipinski definition) is 0. The molecule has 0 radical (unpaired) electrons. The summed E-state index contributed by atoms with van der Waals surface area (Å²) < 4.78 is 0. The largest absolute Gasteiger partial charge is 0.0651 e. The fraction of sp³-hybridized carbons (Fsp3) is 0.300. The van der Waals surface area contributed by atoms with Crippen LogP contribution in [0.1, 0.15) is 50.7 Å². The van der Waals surface area contributed by atoms with E-state index in [0.29, 0.717) is 0 Å². The van der Waals surface area contributed by atoms with E-state index in [-0.39, 0.29) is 0 Å². The van der Waals surface area contributed by atoms with Crippen LogP contribution in [0.2, 0.25) is 0 Å². The topological polar surface area (TPSA) is 0 Å². The Morgan fingerprint density at radius 3 is 1.40 bits per heavy atom. The van der Waals surface area contributed by atoms with Crippen molar-refractivity contribution in [3.63, 3.8) is 0 Å². The van der Waals surface area contributed by atoms with Crippen LogP contribution >= 0.6 is 0 Å². The van der Waals surface area contributed by atoms with Crippen molar-refractivity contribution < 1.29 is 0 Å². The molecule has 0 heteroatoms. The Balaban J connectivity index is 2.56. The Hall–Kier alpha value is -1.82. The van der Waals surface area contributed by atoms with Gasteiger partial charge in [-0.3, -0.25) is 0 Å². The van der Waals surface area contributed by atoms with Gasteiger partial charge in [0.1, 0.15) is 0 Å². The fourth-order valence-corrected chi connectivity index (χ4v) is 2.76. The SMILES string of the molecule is CCCC(CCC)=C(c1ccccc1)c1ccccc1. The highest BCUT2D eigenvalue weighted by Crippen LogP contribution is 2.31. The molecule has 0 aromatic heterocycles. The molecule has 0 unspecified atom stereocenters. The Kier molecular flexibility index (Phi) is 5.61. The summed E-state index contributed by atoms with van der Waals surface area (Å²) in [6, 6.07) is 21.6. The molecule has 0 aliphatic heterocycles. The third-order valence-electron chi connectivity index (χ3n) is 3.58. The molecule has 0 spiro atoms. The summed E-state index contributed by atoms with van der Waals surface area (Å²) >= 11 is 0. The van der Waals surface area contributed by atoms with Crippen LogP contribution < -0.4 is 0 Å². The lowest BCUT2D eigenvalue weighted by atomic mass is 9.89. The molecule has 0 saturated heterocycles. The van der Waals surface area contributed by atoms with Crippen molar-refractivity contribution in [2.24, 2.45) is 0 Å². The lowest BCUT2D eigenvalue weighted by molar-refractivity contribution is 0.806. The Morgan fingerprint density at radius 2 is 1.05 bits per heavy atom. The van der Waals surface area contributed by atoms with Crippen LogP contribution in [-0.4, -0.2) is 0 Å². The molecule has 0 fully saturated rings. The van der Waals surface area contributed by atoms with Crippen LogP contribution in [-0.2, 0) is 0 Å². The molecule has 0 bridgehead atoms. The van der Waals surface area contributed by atoms with Crippen LogP contribution in [0.15, 0.2) is 66.2 Å². The molecule has 20 heavy (non-hydrogen) atoms. The lowest BCUT2D eigenvalue weighted by Gasteiger charge is -2.16. The van der Waals surface area contributed by atoms with Crippen molar-refractivity contribution in [2.75, 3.05) is 0 Å². The van der Waals surface area contributed by atoms with Crippen LogP contribution in [0.5, 0.6) is 0 Å². The third kappa shape index (κ3) is 3.60. The van der Waals surface area contributed by atoms with Crippen molar-refractivity contribution in [3.05, 3.63) is 77.4 Å². The molecule has 104 valence electrons. The van der Waals surface area contributed by atoms with E-state index >= 15 is 0 Å². The zero-order valence-electron chi connectivity index (χ0n) is 12.6. The molecule has 0 aliphatic carbocycles. The molecule has 2 rings (SSSR count). The van der Waals surface area contributed by atoms with Crippen molar-refractivity contribution in [3.8, 4) is 0 Å². The van der Waals surface area contributed by atoms with Gasteiger partial charge in [0.05, 0.1) is 0 Å². The molecule has 2 aromatic carbocycles. The first-order valence-corrected chi connectivity index (χ1v) is 7.69. The molecule has 0 heterocycles. The summed E-state index contributed by atoms with van der Waals surface area (Å²) in [5, 5.41) is 0. The molecule has 0 saturated carbocycles. The van der Waals surface area contributed by atoms with E-state index in [1.54, 1.807) is 5.57 Å². The van der Waals surface area contributed by atoms with Crippen LogP contribution in [0.3, 0.4) is 0 Å². The maximum atomic E-state index is 2.27. The first-order chi connectivity index (χ1) is 9.86. The van der Waals surface area contributed by atoms with Gasteiger partial charge in [-0.25, -0.2) is 0 Å². The zero-order chi connectivity index (χ0) is 14.2. The van der Waals surface area contributed by atoms with E-state index in [1.165, 1.54) is 42.4 Å². The molecular weight excluding hydrogens is 240 g/mol. The standard InChI is InChI=1S/C20H24/c1-3-11-17(12-4-2)20(18-13-7-5-8-14-18)19-15-9-6-10-16-19/h5-10,13-16H,3-4,11-12H2,1-2H3. The van der Waals surface area contributed by atoms with E-state index in [9.17, 15) is 0 Å². The van der Waals surface area contributed by atoms with Crippen LogP contribution in [0.4, 0.5) is 0 Å². The molecule has 0 aliphatic rings. The van der Waals surface area contributed by atoms with Gasteiger partial charge in [-0.1, -0.05) is 92.9 Å². The van der Waals surface area contributed by atoms with Gasteiger partial charge in [0, 0.05) is 0 Å². The van der Waals surface area contributed by atoms with Crippen LogP contribution in [0.25, 0.3) is 5.57 Å². The van der Waals surface area contributed by atoms with E-state index < -0.39 is 0 Å². The summed E-state index contributed by atoms with van der Waals surface area (Å²) in [5.74, 6) is 0. The minimum atomic E-state index is 1.19. The second kappa shape index (κ2) is 7.69. The summed E-state index contributed by atoms with van der Waals surface area (Å²) in [6.07, 6.45) is 4.79. The third-order valence-corrected chi connectivity index (χ3v) is 3.58. The maximum absolute atomic E-state index is 2.27. The summed E-state index contributed by atoms with van der Waals surface area (Å²) in [4.78, 5) is 0. The highest BCUT2D eigenvalue weighted by atomic mass is 14.1. The number of benzene rings is 2. The number of rotatable bonds is 6. The van der Waals surface area contributed by atoms with Gasteiger partial charge in [-0.15, -0.1) is 0 Å². The molecule has 2 aromatic rings. The summed E-state index contributed by atoms with van der Waals surface area (Å²) in [7, 11) is 0. The van der Waals surface area contributed by atoms with Crippen LogP contribution in [0, 0.1) is 0 Å². The Labute approximate surface area is 123 Å². The van der Waals surface area contributed by atoms with E-state index in [2.05, 4.69) is 74.5 Å². The van der Waals surface area contributed by atoms with Gasteiger partial charge in [-0.2, -0.15) is 0 Å². The van der Waals surface area contributed by atoms with Crippen molar-refractivity contribution in [2.45, 2.75) is 39.5 Å². The van der Waals surface area contributed by atoms with Gasteiger partial charge < -0.3 is 0 Å². The second-order valence-corrected chi connectivity index (χ2v) is 5.21. The average Bonchev–Trinajstić information content (AvgIpc) is 2.50. The molecule has 0 nitrogen and oxygen atoms in total. The van der Waals surface area contributed by atoms with Gasteiger partial charge in [-0.05, 0) is 29.5 Å². The highest BCUT2D eigenvalue weighted by Gasteiger charge is 2.10. The summed E-state index contributed by atoms with van der Waals surface area (Å²) in [6.45, 7) is 4.53. The van der Waals surface area contributed by atoms with Gasteiger partial charge in [0.2, 0.25) is 0 Å². The highest BCUT2D eigenvalue weighted by molar-refractivity contribution is 5.82. The van der Waals surface area contributed by atoms with Gasteiger partial charge in [0.25, 0.3) is 0 Å². The van der Waals surface area contributed by atoms with E-state index in [1.807, 2.05) is 0 Å². The van der Waals surface area contributed by atoms with Crippen molar-refractivity contribution >= 4 is 5.57 Å². The monoisotopic (exact) mass is 264 g/mol. The predicted octanol–water partition coefficient (Wildman–Crippen LogP) is 6.09. The minimum absolute atomic E-state index is 1.19. The smallest absolute Gasteiger partial charge is 0.0119 e. The van der Waals surface area contributed by atoms with E-state index in [4.69, 9.17) is 0 Å². The molecule has 0 atom stereocenters. The molecular formula is C20H24. The maximum Gasteiger partial charge on any atom is -0.0119 e. The normalized spacial score (nSPS) is 10.3. The Bertz CT molecular complexity index is 485. The fourth-order valence-electron chi connectivity index (χ4n) is 2.76. The van der Waals surface area contributed by atoms with Crippen molar-refractivity contribution in [1.29, 1.82) is 0 Å². The molecule has 0 N–H and O–H groups in total. The minimum Gasteiger partial charge on any atom is -0.0651 e. The first-order valence-electron chi connectivity index (χ1n) is 7.69. The zero-order valence-corrected chi connectivity index (χ0v) is 12.6. The van der Waals surface area contributed by atoms with Crippen molar-refractivity contribution in [1.82, 2.24) is 0 Å². The average molecular weight is 264 g/mol. The second-order valence-electron chi connectivity index (χ2n) is 5.21. The van der Waals surface area contributed by atoms with Gasteiger partial charge >= 0.3 is 0 Å². The number of hydrogen-bond donors (Lipinski definition) is 0. The Morgan fingerprint density at radius 1 is 0.650 bits per heavy atom. The summed E-state index contributed by atoms with van der Waals surface area (Å²) in [5.41, 5.74) is 5.72. The first kappa shape index (κ1) is 14.6. The quantitative estimate of drug-likeness (QED) is 0.592. The lowest BCUT2D eigenvalue weighted by Crippen LogP contribution is -1.95. The molecule has 0 amide bonds. The predicted molar refractivity (Wildman–Crippen MR) is 88.7 cm³/mol. The van der Waals surface area contributed by atoms with Gasteiger partial charge in [0.15, 0.2) is 0 Å². The van der Waals surface area contributed by atoms with E-state index in [0.717, 1.165) is 0 Å². The number of allylic oxidation sites excluding steroid dienone is 1.